The minimum atomic E-state index is -0.781. The van der Waals surface area contributed by atoms with E-state index in [2.05, 4.69) is 35.6 Å². The Bertz CT molecular complexity index is 827. The van der Waals surface area contributed by atoms with Crippen molar-refractivity contribution >= 4 is 34.6 Å². The first kappa shape index (κ1) is 20.3. The van der Waals surface area contributed by atoms with Crippen LogP contribution in [0.1, 0.15) is 37.7 Å². The van der Waals surface area contributed by atoms with Crippen molar-refractivity contribution in [2.75, 3.05) is 35.7 Å². The second-order valence-corrected chi connectivity index (χ2v) is 7.81. The number of hydrogen-bond donors (Lipinski definition) is 3. The lowest BCUT2D eigenvalue weighted by Gasteiger charge is -2.22. The lowest BCUT2D eigenvalue weighted by atomic mass is 10.0. The summed E-state index contributed by atoms with van der Waals surface area (Å²) in [6.07, 6.45) is 1.86. The SMILES string of the molecule is CCCC(CC(=O)O)Nc1ccccc1NCC1CN(C)c2cccc(Cl)c21. The highest BCUT2D eigenvalue weighted by Gasteiger charge is 2.28. The van der Waals surface area contributed by atoms with E-state index in [9.17, 15) is 9.90 Å². The molecule has 28 heavy (non-hydrogen) atoms. The number of carbonyl (C=O) groups is 1. The Hall–Kier alpha value is -2.40. The molecule has 0 radical (unpaired) electrons. The van der Waals surface area contributed by atoms with Gasteiger partial charge in [-0.3, -0.25) is 4.79 Å². The Morgan fingerprint density at radius 2 is 2.00 bits per heavy atom. The normalized spacial score (nSPS) is 16.5. The lowest BCUT2D eigenvalue weighted by Crippen LogP contribution is -2.24. The molecular formula is C22H28ClN3O2. The molecular weight excluding hydrogens is 374 g/mol. The van der Waals surface area contributed by atoms with Crippen LogP contribution in [0.4, 0.5) is 17.1 Å². The molecule has 2 unspecified atom stereocenters. The summed E-state index contributed by atoms with van der Waals surface area (Å²) in [6.45, 7) is 3.74. The van der Waals surface area contributed by atoms with Gasteiger partial charge < -0.3 is 20.6 Å². The van der Waals surface area contributed by atoms with E-state index in [4.69, 9.17) is 11.6 Å². The second kappa shape index (κ2) is 9.20. The average molecular weight is 402 g/mol. The van der Waals surface area contributed by atoms with Gasteiger partial charge in [-0.25, -0.2) is 0 Å². The molecule has 2 aromatic rings. The number of fused-ring (bicyclic) bond motifs is 1. The van der Waals surface area contributed by atoms with Gasteiger partial charge in [-0.2, -0.15) is 0 Å². The Morgan fingerprint density at radius 3 is 2.71 bits per heavy atom. The van der Waals surface area contributed by atoms with Crippen LogP contribution in [0.5, 0.6) is 0 Å². The molecule has 0 fully saturated rings. The standard InChI is InChI=1S/C22H28ClN3O2/c1-3-7-16(12-21(27)28)25-19-10-5-4-9-18(19)24-13-15-14-26(2)20-11-6-8-17(23)22(15)20/h4-6,8-11,15-16,24-25H,3,7,12-14H2,1-2H3,(H,27,28). The molecule has 3 N–H and O–H groups in total. The van der Waals surface area contributed by atoms with Gasteiger partial charge in [-0.05, 0) is 30.7 Å². The van der Waals surface area contributed by atoms with E-state index < -0.39 is 5.97 Å². The number of benzene rings is 2. The monoisotopic (exact) mass is 401 g/mol. The average Bonchev–Trinajstić information content (AvgIpc) is 2.98. The van der Waals surface area contributed by atoms with Crippen molar-refractivity contribution < 1.29 is 9.90 Å². The maximum Gasteiger partial charge on any atom is 0.305 e. The third-order valence-corrected chi connectivity index (χ3v) is 5.56. The summed E-state index contributed by atoms with van der Waals surface area (Å²) >= 11 is 6.47. The number of anilines is 3. The van der Waals surface area contributed by atoms with Crippen molar-refractivity contribution in [2.24, 2.45) is 0 Å². The van der Waals surface area contributed by atoms with Gasteiger partial charge in [-0.15, -0.1) is 0 Å². The molecule has 5 nitrogen and oxygen atoms in total. The minimum Gasteiger partial charge on any atom is -0.481 e. The predicted molar refractivity (Wildman–Crippen MR) is 117 cm³/mol. The van der Waals surface area contributed by atoms with Crippen LogP contribution < -0.4 is 15.5 Å². The molecule has 0 aromatic heterocycles. The third kappa shape index (κ3) is 4.71. The van der Waals surface area contributed by atoms with E-state index in [-0.39, 0.29) is 12.5 Å². The number of carboxylic acids is 1. The summed E-state index contributed by atoms with van der Waals surface area (Å²) < 4.78 is 0. The highest BCUT2D eigenvalue weighted by molar-refractivity contribution is 6.32. The molecule has 0 spiro atoms. The minimum absolute atomic E-state index is 0.0850. The van der Waals surface area contributed by atoms with Crippen LogP contribution in [0.2, 0.25) is 5.02 Å². The number of rotatable bonds is 9. The van der Waals surface area contributed by atoms with Crippen molar-refractivity contribution in [1.82, 2.24) is 0 Å². The third-order valence-electron chi connectivity index (χ3n) is 5.23. The van der Waals surface area contributed by atoms with E-state index in [1.54, 1.807) is 0 Å². The molecule has 0 aliphatic carbocycles. The molecule has 6 heteroatoms. The molecule has 150 valence electrons. The van der Waals surface area contributed by atoms with Gasteiger partial charge in [0.2, 0.25) is 0 Å². The molecule has 1 heterocycles. The summed E-state index contributed by atoms with van der Waals surface area (Å²) in [4.78, 5) is 13.4. The fraction of sp³-hybridized carbons (Fsp3) is 0.409. The van der Waals surface area contributed by atoms with E-state index in [1.807, 2.05) is 36.4 Å². The zero-order valence-corrected chi connectivity index (χ0v) is 17.2. The van der Waals surface area contributed by atoms with Gasteiger partial charge in [0.1, 0.15) is 0 Å². The molecule has 0 amide bonds. The van der Waals surface area contributed by atoms with Gasteiger partial charge in [0, 0.05) is 48.4 Å². The summed E-state index contributed by atoms with van der Waals surface area (Å²) in [5, 5.41) is 16.9. The number of nitrogens with one attached hydrogen (secondary N) is 2. The molecule has 2 aromatic carbocycles. The smallest absolute Gasteiger partial charge is 0.305 e. The van der Waals surface area contributed by atoms with Crippen LogP contribution in [0, 0.1) is 0 Å². The first-order valence-electron chi connectivity index (χ1n) is 9.80. The van der Waals surface area contributed by atoms with Crippen LogP contribution in [0.15, 0.2) is 42.5 Å². The number of aliphatic carboxylic acids is 1. The van der Waals surface area contributed by atoms with Crippen LogP contribution in [0.25, 0.3) is 0 Å². The largest absolute Gasteiger partial charge is 0.481 e. The molecule has 0 saturated carbocycles. The molecule has 1 aliphatic rings. The van der Waals surface area contributed by atoms with E-state index in [0.29, 0.717) is 5.92 Å². The lowest BCUT2D eigenvalue weighted by molar-refractivity contribution is -0.137. The molecule has 2 atom stereocenters. The molecule has 0 bridgehead atoms. The summed E-state index contributed by atoms with van der Waals surface area (Å²) in [6, 6.07) is 13.9. The number of halogens is 1. The quantitative estimate of drug-likeness (QED) is 0.549. The van der Waals surface area contributed by atoms with Gasteiger partial charge in [0.15, 0.2) is 0 Å². The maximum atomic E-state index is 11.2. The van der Waals surface area contributed by atoms with E-state index in [0.717, 1.165) is 42.3 Å². The molecule has 3 rings (SSSR count). The summed E-state index contributed by atoms with van der Waals surface area (Å²) in [5.74, 6) is -0.483. The molecule has 1 aliphatic heterocycles. The second-order valence-electron chi connectivity index (χ2n) is 7.40. The van der Waals surface area contributed by atoms with E-state index in [1.165, 1.54) is 11.3 Å². The van der Waals surface area contributed by atoms with Crippen molar-refractivity contribution in [2.45, 2.75) is 38.1 Å². The molecule has 0 saturated heterocycles. The maximum absolute atomic E-state index is 11.2. The highest BCUT2D eigenvalue weighted by Crippen LogP contribution is 2.40. The zero-order valence-electron chi connectivity index (χ0n) is 16.4. The van der Waals surface area contributed by atoms with E-state index >= 15 is 0 Å². The Morgan fingerprint density at radius 1 is 1.25 bits per heavy atom. The highest BCUT2D eigenvalue weighted by atomic mass is 35.5. The van der Waals surface area contributed by atoms with Crippen molar-refractivity contribution in [1.29, 1.82) is 0 Å². The van der Waals surface area contributed by atoms with Crippen LogP contribution in [-0.4, -0.2) is 37.3 Å². The fourth-order valence-corrected chi connectivity index (χ4v) is 4.27. The van der Waals surface area contributed by atoms with Crippen LogP contribution >= 0.6 is 11.6 Å². The number of likely N-dealkylation sites (N-methyl/N-ethyl adjacent to an activating group) is 1. The first-order valence-corrected chi connectivity index (χ1v) is 10.2. The number of nitrogens with zero attached hydrogens (tertiary/aromatic N) is 1. The van der Waals surface area contributed by atoms with Crippen molar-refractivity contribution in [3.8, 4) is 0 Å². The van der Waals surface area contributed by atoms with Gasteiger partial charge >= 0.3 is 5.97 Å². The predicted octanol–water partition coefficient (Wildman–Crippen LogP) is 5.04. The first-order chi connectivity index (χ1) is 13.5. The van der Waals surface area contributed by atoms with Crippen LogP contribution in [-0.2, 0) is 4.79 Å². The summed E-state index contributed by atoms with van der Waals surface area (Å²) in [7, 11) is 2.09. The summed E-state index contributed by atoms with van der Waals surface area (Å²) in [5.41, 5.74) is 4.31. The van der Waals surface area contributed by atoms with Crippen LogP contribution in [0.3, 0.4) is 0 Å². The fourth-order valence-electron chi connectivity index (χ4n) is 3.95. The number of para-hydroxylation sites is 2. The van der Waals surface area contributed by atoms with Crippen molar-refractivity contribution in [3.05, 3.63) is 53.1 Å². The topological polar surface area (TPSA) is 64.6 Å². The van der Waals surface area contributed by atoms with Gasteiger partial charge in [-0.1, -0.05) is 43.1 Å². The number of hydrogen-bond acceptors (Lipinski definition) is 4. The number of carboxylic acid groups (broad SMARTS) is 1. The van der Waals surface area contributed by atoms with Gasteiger partial charge in [0.05, 0.1) is 17.8 Å². The zero-order chi connectivity index (χ0) is 20.1. The Labute approximate surface area is 171 Å². The Balaban J connectivity index is 1.72. The Kier molecular flexibility index (Phi) is 6.68. The van der Waals surface area contributed by atoms with Crippen molar-refractivity contribution in [3.63, 3.8) is 0 Å². The van der Waals surface area contributed by atoms with Gasteiger partial charge in [0.25, 0.3) is 0 Å².